The third-order valence-corrected chi connectivity index (χ3v) is 8.09. The van der Waals surface area contributed by atoms with E-state index in [2.05, 4.69) is 32.9 Å². The molecular formula is C26H29N3O3S. The summed E-state index contributed by atoms with van der Waals surface area (Å²) in [6.45, 7) is 8.52. The Morgan fingerprint density at radius 1 is 1.00 bits per heavy atom. The molecule has 0 unspecified atom stereocenters. The van der Waals surface area contributed by atoms with Gasteiger partial charge in [0.1, 0.15) is 6.04 Å². The number of hydroxylamine groups is 2. The first kappa shape index (κ1) is 22.2. The summed E-state index contributed by atoms with van der Waals surface area (Å²) in [6, 6.07) is 18.8. The van der Waals surface area contributed by atoms with Gasteiger partial charge < -0.3 is 0 Å². The van der Waals surface area contributed by atoms with E-state index in [-0.39, 0.29) is 16.5 Å². The number of aryl methyl sites for hydroxylation is 1. The first-order valence-electron chi connectivity index (χ1n) is 11.3. The van der Waals surface area contributed by atoms with Crippen molar-refractivity contribution >= 4 is 20.9 Å². The van der Waals surface area contributed by atoms with E-state index in [1.165, 1.54) is 4.31 Å². The van der Waals surface area contributed by atoms with Gasteiger partial charge in [0.2, 0.25) is 10.0 Å². The van der Waals surface area contributed by atoms with Gasteiger partial charge in [0.25, 0.3) is 0 Å². The summed E-state index contributed by atoms with van der Waals surface area (Å²) in [5.41, 5.74) is 3.34. The Morgan fingerprint density at radius 2 is 1.73 bits per heavy atom. The Bertz CT molecular complexity index is 1330. The summed E-state index contributed by atoms with van der Waals surface area (Å²) in [7, 11) is -3.72. The van der Waals surface area contributed by atoms with E-state index in [0.29, 0.717) is 13.0 Å². The van der Waals surface area contributed by atoms with Crippen molar-refractivity contribution in [3.05, 3.63) is 83.6 Å². The van der Waals surface area contributed by atoms with Crippen molar-refractivity contribution in [3.8, 4) is 0 Å². The Hall–Kier alpha value is -2.58. The van der Waals surface area contributed by atoms with Crippen LogP contribution in [0.3, 0.4) is 0 Å². The fourth-order valence-corrected chi connectivity index (χ4v) is 6.08. The Balaban J connectivity index is 1.58. The molecule has 0 spiro atoms. The Labute approximate surface area is 195 Å². The highest BCUT2D eigenvalue weighted by Gasteiger charge is 2.51. The highest BCUT2D eigenvalue weighted by Crippen LogP contribution is 2.46. The lowest BCUT2D eigenvalue weighted by Gasteiger charge is -2.35. The predicted molar refractivity (Wildman–Crippen MR) is 129 cm³/mol. The molecule has 0 bridgehead atoms. The molecule has 3 aromatic rings. The predicted octanol–water partition coefficient (Wildman–Crippen LogP) is 4.98. The van der Waals surface area contributed by atoms with Crippen molar-refractivity contribution in [1.29, 1.82) is 0 Å². The third-order valence-electron chi connectivity index (χ3n) is 6.23. The van der Waals surface area contributed by atoms with Crippen LogP contribution < -0.4 is 0 Å². The van der Waals surface area contributed by atoms with E-state index < -0.39 is 16.3 Å². The first-order chi connectivity index (χ1) is 15.7. The highest BCUT2D eigenvalue weighted by molar-refractivity contribution is 7.89. The fraction of sp³-hybridized carbons (Fsp3) is 0.346. The number of sulfonamides is 1. The normalized spacial score (nSPS) is 22.4. The molecule has 2 atom stereocenters. The maximum absolute atomic E-state index is 13.6. The van der Waals surface area contributed by atoms with E-state index in [1.54, 1.807) is 12.1 Å². The van der Waals surface area contributed by atoms with Gasteiger partial charge in [-0.1, -0.05) is 48.0 Å². The number of aromatic nitrogens is 1. The highest BCUT2D eigenvalue weighted by atomic mass is 32.2. The van der Waals surface area contributed by atoms with Gasteiger partial charge in [-0.3, -0.25) is 9.82 Å². The van der Waals surface area contributed by atoms with Crippen LogP contribution in [0.4, 0.5) is 0 Å². The van der Waals surface area contributed by atoms with Gasteiger partial charge in [-0.25, -0.2) is 8.42 Å². The zero-order valence-electron chi connectivity index (χ0n) is 19.4. The molecule has 2 aliphatic rings. The second-order valence-electron chi connectivity index (χ2n) is 9.71. The lowest BCUT2D eigenvalue weighted by molar-refractivity contribution is -0.231. The quantitative estimate of drug-likeness (QED) is 0.513. The fourth-order valence-electron chi connectivity index (χ4n) is 4.57. The molecule has 0 amide bonds. The van der Waals surface area contributed by atoms with Gasteiger partial charge in [-0.15, -0.1) is 0 Å². The molecule has 0 aliphatic carbocycles. The second kappa shape index (κ2) is 8.02. The summed E-state index contributed by atoms with van der Waals surface area (Å²) < 4.78 is 28.7. The first-order valence-corrected chi connectivity index (χ1v) is 12.7. The number of fused-ring (bicyclic) bond motifs is 2. The van der Waals surface area contributed by atoms with Crippen LogP contribution in [0.1, 0.15) is 44.5 Å². The van der Waals surface area contributed by atoms with Crippen LogP contribution in [0, 0.1) is 6.92 Å². The van der Waals surface area contributed by atoms with Gasteiger partial charge in [0, 0.05) is 17.5 Å². The largest absolute Gasteiger partial charge is 0.273 e. The molecule has 1 aromatic heterocycles. The molecule has 2 aromatic carbocycles. The third kappa shape index (κ3) is 3.89. The summed E-state index contributed by atoms with van der Waals surface area (Å²) in [5, 5.41) is 2.98. The average molecular weight is 464 g/mol. The molecule has 1 saturated heterocycles. The molecular weight excluding hydrogens is 434 g/mol. The number of pyridine rings is 1. The lowest BCUT2D eigenvalue weighted by atomic mass is 9.95. The molecule has 6 nitrogen and oxygen atoms in total. The summed E-state index contributed by atoms with van der Waals surface area (Å²) in [6.07, 6.45) is 2.06. The van der Waals surface area contributed by atoms with Crippen molar-refractivity contribution in [2.45, 2.75) is 56.8 Å². The minimum Gasteiger partial charge on any atom is -0.273 e. The molecule has 5 rings (SSSR count). The summed E-state index contributed by atoms with van der Waals surface area (Å²) in [4.78, 5) is 11.6. The Kier molecular flexibility index (Phi) is 5.40. The molecule has 7 heteroatoms. The topological polar surface area (TPSA) is 62.7 Å². The van der Waals surface area contributed by atoms with Crippen molar-refractivity contribution in [2.75, 3.05) is 6.54 Å². The van der Waals surface area contributed by atoms with Gasteiger partial charge in [-0.05, 0) is 64.0 Å². The van der Waals surface area contributed by atoms with Crippen molar-refractivity contribution < 1.29 is 13.3 Å². The van der Waals surface area contributed by atoms with Crippen LogP contribution in [-0.2, 0) is 14.9 Å². The minimum absolute atomic E-state index is 0.268. The monoisotopic (exact) mass is 463 g/mol. The maximum Gasteiger partial charge on any atom is 0.245 e. The minimum atomic E-state index is -3.72. The number of nitrogens with zero attached hydrogens (tertiary/aromatic N) is 3. The van der Waals surface area contributed by atoms with E-state index in [4.69, 9.17) is 9.82 Å². The molecule has 3 heterocycles. The van der Waals surface area contributed by atoms with Crippen LogP contribution in [0.2, 0.25) is 0 Å². The standard InChI is InChI=1S/C26H29N3O3S/c1-18-11-14-20(15-12-18)33(30,31)28-17-7-9-21-24(29(26(2,3)4)32-25(21)28)23-16-13-19-8-5-6-10-22(19)27-23/h5-6,8-16,24-25H,7,17H2,1-4H3/t24-,25+/m1/s1. The van der Waals surface area contributed by atoms with Gasteiger partial charge in [0.15, 0.2) is 6.23 Å². The second-order valence-corrected chi connectivity index (χ2v) is 11.6. The van der Waals surface area contributed by atoms with Crippen LogP contribution in [0.25, 0.3) is 10.9 Å². The zero-order valence-corrected chi connectivity index (χ0v) is 20.2. The van der Waals surface area contributed by atoms with Crippen LogP contribution in [0.5, 0.6) is 0 Å². The average Bonchev–Trinajstić information content (AvgIpc) is 3.19. The van der Waals surface area contributed by atoms with E-state index >= 15 is 0 Å². The molecule has 33 heavy (non-hydrogen) atoms. The summed E-state index contributed by atoms with van der Waals surface area (Å²) in [5.74, 6) is 0. The van der Waals surface area contributed by atoms with Crippen LogP contribution in [0.15, 0.2) is 77.2 Å². The lowest BCUT2D eigenvalue weighted by Crippen LogP contribution is -2.45. The number of hydrogen-bond donors (Lipinski definition) is 0. The van der Waals surface area contributed by atoms with Gasteiger partial charge >= 0.3 is 0 Å². The van der Waals surface area contributed by atoms with Crippen LogP contribution in [-0.4, -0.2) is 41.1 Å². The number of para-hydroxylation sites is 1. The summed E-state index contributed by atoms with van der Waals surface area (Å²) >= 11 is 0. The molecule has 172 valence electrons. The van der Waals surface area contributed by atoms with Crippen molar-refractivity contribution in [2.24, 2.45) is 0 Å². The number of rotatable bonds is 3. The molecule has 1 fully saturated rings. The Morgan fingerprint density at radius 3 is 2.45 bits per heavy atom. The van der Waals surface area contributed by atoms with Crippen LogP contribution >= 0.6 is 0 Å². The van der Waals surface area contributed by atoms with E-state index in [1.807, 2.05) is 54.5 Å². The van der Waals surface area contributed by atoms with E-state index in [9.17, 15) is 8.42 Å². The van der Waals surface area contributed by atoms with Crippen molar-refractivity contribution in [1.82, 2.24) is 14.4 Å². The van der Waals surface area contributed by atoms with Crippen molar-refractivity contribution in [3.63, 3.8) is 0 Å². The van der Waals surface area contributed by atoms with E-state index in [0.717, 1.165) is 27.7 Å². The smallest absolute Gasteiger partial charge is 0.245 e. The number of benzene rings is 2. The molecule has 0 radical (unpaired) electrons. The SMILES string of the molecule is Cc1ccc(S(=O)(=O)N2CCC=C3[C@H](c4ccc5ccccc5n4)N(C(C)(C)C)O[C@@H]32)cc1. The number of hydrogen-bond acceptors (Lipinski definition) is 5. The van der Waals surface area contributed by atoms with Gasteiger partial charge in [0.05, 0.1) is 16.1 Å². The zero-order chi connectivity index (χ0) is 23.4. The van der Waals surface area contributed by atoms with Gasteiger partial charge in [-0.2, -0.15) is 9.37 Å². The molecule has 2 aliphatic heterocycles. The molecule has 0 saturated carbocycles. The molecule has 0 N–H and O–H groups in total. The maximum atomic E-state index is 13.6.